The largest absolute Gasteiger partial charge is 0.467 e. The molecule has 5 nitrogen and oxygen atoms in total. The van der Waals surface area contributed by atoms with Crippen LogP contribution in [0.1, 0.15) is 38.4 Å². The van der Waals surface area contributed by atoms with Gasteiger partial charge in [0, 0.05) is 19.0 Å². The minimum Gasteiger partial charge on any atom is -0.467 e. The van der Waals surface area contributed by atoms with E-state index in [0.29, 0.717) is 6.54 Å². The van der Waals surface area contributed by atoms with E-state index in [0.717, 1.165) is 37.5 Å². The predicted octanol–water partition coefficient (Wildman–Crippen LogP) is 1.89. The molecule has 1 aromatic heterocycles. The van der Waals surface area contributed by atoms with Gasteiger partial charge in [0.05, 0.1) is 18.9 Å². The lowest BCUT2D eigenvalue weighted by Crippen LogP contribution is -2.48. The molecule has 112 valence electrons. The third-order valence-electron chi connectivity index (χ3n) is 4.17. The van der Waals surface area contributed by atoms with Gasteiger partial charge in [-0.1, -0.05) is 19.8 Å². The zero-order chi connectivity index (χ0) is 14.4. The first kappa shape index (κ1) is 14.9. The summed E-state index contributed by atoms with van der Waals surface area (Å²) < 4.78 is 5.27. The van der Waals surface area contributed by atoms with Crippen LogP contribution in [0.15, 0.2) is 27.8 Å². The summed E-state index contributed by atoms with van der Waals surface area (Å²) in [5.74, 6) is 1.61. The molecule has 0 bridgehead atoms. The summed E-state index contributed by atoms with van der Waals surface area (Å²) in [6.07, 6.45) is 5.70. The van der Waals surface area contributed by atoms with Gasteiger partial charge in [-0.2, -0.15) is 0 Å². The van der Waals surface area contributed by atoms with Gasteiger partial charge >= 0.3 is 0 Å². The van der Waals surface area contributed by atoms with Crippen LogP contribution in [0.3, 0.4) is 0 Å². The van der Waals surface area contributed by atoms with Crippen molar-refractivity contribution in [3.63, 3.8) is 0 Å². The van der Waals surface area contributed by atoms with Crippen molar-refractivity contribution in [1.82, 2.24) is 10.6 Å². The molecule has 0 saturated heterocycles. The molecule has 1 saturated carbocycles. The van der Waals surface area contributed by atoms with Gasteiger partial charge < -0.3 is 20.2 Å². The van der Waals surface area contributed by atoms with Crippen LogP contribution in [-0.4, -0.2) is 30.8 Å². The molecule has 2 rings (SSSR count). The highest BCUT2D eigenvalue weighted by atomic mass is 16.3. The van der Waals surface area contributed by atoms with E-state index in [-0.39, 0.29) is 11.5 Å². The Morgan fingerprint density at radius 2 is 2.35 bits per heavy atom. The van der Waals surface area contributed by atoms with Crippen molar-refractivity contribution < 1.29 is 9.52 Å². The summed E-state index contributed by atoms with van der Waals surface area (Å²) in [5, 5.41) is 16.7. The maximum Gasteiger partial charge on any atom is 0.191 e. The standard InChI is InChI=1S/C15H25N3O2/c1-15(8-4-3-7-13(15)19)11-18-14(16-2)17-10-12-6-5-9-20-12/h5-6,9,13,19H,3-4,7-8,10-11H2,1-2H3,(H2,16,17,18). The third kappa shape index (κ3) is 3.76. The van der Waals surface area contributed by atoms with Crippen LogP contribution in [0.25, 0.3) is 0 Å². The van der Waals surface area contributed by atoms with Gasteiger partial charge in [0.15, 0.2) is 5.96 Å². The van der Waals surface area contributed by atoms with E-state index in [1.165, 1.54) is 6.42 Å². The molecule has 3 N–H and O–H groups in total. The van der Waals surface area contributed by atoms with Crippen LogP contribution >= 0.6 is 0 Å². The van der Waals surface area contributed by atoms with Crippen LogP contribution in [0.4, 0.5) is 0 Å². The van der Waals surface area contributed by atoms with Crippen molar-refractivity contribution in [2.45, 2.75) is 45.3 Å². The van der Waals surface area contributed by atoms with Crippen molar-refractivity contribution in [1.29, 1.82) is 0 Å². The van der Waals surface area contributed by atoms with Crippen molar-refractivity contribution in [2.75, 3.05) is 13.6 Å². The molecule has 2 unspecified atom stereocenters. The first-order valence-electron chi connectivity index (χ1n) is 7.29. The molecule has 2 atom stereocenters. The van der Waals surface area contributed by atoms with Crippen LogP contribution < -0.4 is 10.6 Å². The Labute approximate surface area is 120 Å². The topological polar surface area (TPSA) is 69.8 Å². The molecule has 5 heteroatoms. The molecule has 0 aliphatic heterocycles. The number of aliphatic imine (C=N–C) groups is 1. The zero-order valence-corrected chi connectivity index (χ0v) is 12.4. The fourth-order valence-electron chi connectivity index (χ4n) is 2.68. The van der Waals surface area contributed by atoms with Gasteiger partial charge in [-0.15, -0.1) is 0 Å². The molecule has 1 heterocycles. The maximum absolute atomic E-state index is 10.2. The van der Waals surface area contributed by atoms with Gasteiger partial charge in [0.25, 0.3) is 0 Å². The van der Waals surface area contributed by atoms with Crippen molar-refractivity contribution >= 4 is 5.96 Å². The maximum atomic E-state index is 10.2. The van der Waals surface area contributed by atoms with Crippen LogP contribution in [0.5, 0.6) is 0 Å². The number of nitrogens with zero attached hydrogens (tertiary/aromatic N) is 1. The van der Waals surface area contributed by atoms with Gasteiger partial charge in [0.2, 0.25) is 0 Å². The van der Waals surface area contributed by atoms with Gasteiger partial charge in [0.1, 0.15) is 5.76 Å². The van der Waals surface area contributed by atoms with Gasteiger partial charge in [-0.25, -0.2) is 0 Å². The van der Waals surface area contributed by atoms with E-state index in [1.807, 2.05) is 12.1 Å². The summed E-state index contributed by atoms with van der Waals surface area (Å²) >= 11 is 0. The normalized spacial score (nSPS) is 27.4. The number of guanidine groups is 1. The van der Waals surface area contributed by atoms with E-state index in [9.17, 15) is 5.11 Å². The predicted molar refractivity (Wildman–Crippen MR) is 79.5 cm³/mol. The smallest absolute Gasteiger partial charge is 0.191 e. The fourth-order valence-corrected chi connectivity index (χ4v) is 2.68. The molecule has 20 heavy (non-hydrogen) atoms. The Hall–Kier alpha value is -1.49. The lowest BCUT2D eigenvalue weighted by atomic mass is 9.73. The second kappa shape index (κ2) is 6.79. The first-order valence-corrected chi connectivity index (χ1v) is 7.29. The van der Waals surface area contributed by atoms with E-state index in [2.05, 4.69) is 22.5 Å². The summed E-state index contributed by atoms with van der Waals surface area (Å²) in [5.41, 5.74) is -0.0689. The Morgan fingerprint density at radius 1 is 1.50 bits per heavy atom. The third-order valence-corrected chi connectivity index (χ3v) is 4.17. The second-order valence-electron chi connectivity index (χ2n) is 5.77. The lowest BCUT2D eigenvalue weighted by Gasteiger charge is -2.38. The Kier molecular flexibility index (Phi) is 5.06. The van der Waals surface area contributed by atoms with Crippen LogP contribution in [0.2, 0.25) is 0 Å². The molecule has 1 aromatic rings. The molecule has 0 amide bonds. The first-order chi connectivity index (χ1) is 9.64. The number of aliphatic hydroxyl groups is 1. The van der Waals surface area contributed by atoms with Crippen molar-refractivity contribution in [3.05, 3.63) is 24.2 Å². The molecule has 1 aliphatic carbocycles. The molecule has 1 fully saturated rings. The number of nitrogens with one attached hydrogen (secondary N) is 2. The molecule has 1 aliphatic rings. The number of aliphatic hydroxyl groups excluding tert-OH is 1. The Balaban J connectivity index is 1.81. The van der Waals surface area contributed by atoms with Gasteiger partial charge in [-0.05, 0) is 25.0 Å². The number of hydrogen-bond donors (Lipinski definition) is 3. The average Bonchev–Trinajstić information content (AvgIpc) is 2.96. The van der Waals surface area contributed by atoms with E-state index < -0.39 is 0 Å². The zero-order valence-electron chi connectivity index (χ0n) is 12.4. The number of rotatable bonds is 4. The summed E-state index contributed by atoms with van der Waals surface area (Å²) in [6.45, 7) is 3.47. The minimum atomic E-state index is -0.230. The minimum absolute atomic E-state index is 0.0689. The quantitative estimate of drug-likeness (QED) is 0.581. The molecule has 0 radical (unpaired) electrons. The summed E-state index contributed by atoms with van der Waals surface area (Å²) in [6, 6.07) is 3.79. The second-order valence-corrected chi connectivity index (χ2v) is 5.77. The Bertz CT molecular complexity index is 430. The van der Waals surface area contributed by atoms with E-state index in [1.54, 1.807) is 13.3 Å². The molecule has 0 spiro atoms. The van der Waals surface area contributed by atoms with Gasteiger partial charge in [-0.3, -0.25) is 4.99 Å². The summed E-state index contributed by atoms with van der Waals surface area (Å²) in [7, 11) is 1.75. The lowest BCUT2D eigenvalue weighted by molar-refractivity contribution is 0.00397. The average molecular weight is 279 g/mol. The van der Waals surface area contributed by atoms with E-state index >= 15 is 0 Å². The molecular weight excluding hydrogens is 254 g/mol. The highest BCUT2D eigenvalue weighted by molar-refractivity contribution is 5.79. The monoisotopic (exact) mass is 279 g/mol. The highest BCUT2D eigenvalue weighted by Crippen LogP contribution is 2.35. The highest BCUT2D eigenvalue weighted by Gasteiger charge is 2.35. The Morgan fingerprint density at radius 3 is 3.00 bits per heavy atom. The number of furan rings is 1. The van der Waals surface area contributed by atoms with Crippen LogP contribution in [0, 0.1) is 5.41 Å². The molecular formula is C15H25N3O2. The van der Waals surface area contributed by atoms with Crippen molar-refractivity contribution in [2.24, 2.45) is 10.4 Å². The molecule has 0 aromatic carbocycles. The van der Waals surface area contributed by atoms with E-state index in [4.69, 9.17) is 4.42 Å². The SMILES string of the molecule is CN=C(NCc1ccco1)NCC1(C)CCCCC1O. The van der Waals surface area contributed by atoms with Crippen LogP contribution in [-0.2, 0) is 6.54 Å². The fraction of sp³-hybridized carbons (Fsp3) is 0.667. The number of hydrogen-bond acceptors (Lipinski definition) is 3. The van der Waals surface area contributed by atoms with Crippen molar-refractivity contribution in [3.8, 4) is 0 Å². The summed E-state index contributed by atoms with van der Waals surface area (Å²) in [4.78, 5) is 4.20.